The van der Waals surface area contributed by atoms with Gasteiger partial charge in [0.15, 0.2) is 16.3 Å². The Bertz CT molecular complexity index is 943. The molecule has 0 bridgehead atoms. The van der Waals surface area contributed by atoms with Gasteiger partial charge in [0.2, 0.25) is 0 Å². The van der Waals surface area contributed by atoms with E-state index in [2.05, 4.69) is 4.98 Å². The number of halogens is 4. The number of nitrogens with zero attached hydrogens (tertiary/aromatic N) is 1. The van der Waals surface area contributed by atoms with Crippen molar-refractivity contribution in [3.63, 3.8) is 0 Å². The highest BCUT2D eigenvalue weighted by atomic mass is 32.1. The quantitative estimate of drug-likeness (QED) is 0.527. The molecule has 0 atom stereocenters. The number of benzene rings is 2. The van der Waals surface area contributed by atoms with Crippen LogP contribution in [0.25, 0.3) is 11.0 Å². The topological polar surface area (TPSA) is 41.0 Å². The third kappa shape index (κ3) is 2.94. The fourth-order valence-corrected chi connectivity index (χ4v) is 2.60. The van der Waals surface area contributed by atoms with Crippen LogP contribution in [0, 0.1) is 10.6 Å². The summed E-state index contributed by atoms with van der Waals surface area (Å²) in [6.07, 6.45) is -4.46. The number of imidazole rings is 1. The van der Waals surface area contributed by atoms with Crippen LogP contribution >= 0.6 is 12.2 Å². The monoisotopic (exact) mass is 342 g/mol. The van der Waals surface area contributed by atoms with Gasteiger partial charge in [-0.25, -0.2) is 4.39 Å². The van der Waals surface area contributed by atoms with Crippen molar-refractivity contribution in [3.05, 3.63) is 58.1 Å². The molecule has 2 N–H and O–H groups in total. The number of aromatic hydroxyl groups is 1. The number of alkyl halides is 3. The van der Waals surface area contributed by atoms with E-state index in [9.17, 15) is 22.7 Å². The molecule has 0 fully saturated rings. The molecule has 1 heterocycles. The van der Waals surface area contributed by atoms with E-state index in [-0.39, 0.29) is 16.8 Å². The molecule has 1 aromatic heterocycles. The first-order valence-corrected chi connectivity index (χ1v) is 6.93. The van der Waals surface area contributed by atoms with Crippen molar-refractivity contribution in [2.45, 2.75) is 12.7 Å². The fourth-order valence-electron chi connectivity index (χ4n) is 2.33. The van der Waals surface area contributed by atoms with Crippen LogP contribution in [-0.4, -0.2) is 14.7 Å². The summed E-state index contributed by atoms with van der Waals surface area (Å²) >= 11 is 5.14. The van der Waals surface area contributed by atoms with Crippen LogP contribution in [0.3, 0.4) is 0 Å². The summed E-state index contributed by atoms with van der Waals surface area (Å²) in [5, 5.41) is 9.40. The highest BCUT2D eigenvalue weighted by Gasteiger charge is 2.30. The van der Waals surface area contributed by atoms with E-state index >= 15 is 0 Å². The van der Waals surface area contributed by atoms with Gasteiger partial charge in [-0.2, -0.15) is 13.2 Å². The lowest BCUT2D eigenvalue weighted by Gasteiger charge is -2.09. The van der Waals surface area contributed by atoms with Crippen LogP contribution in [0.5, 0.6) is 5.75 Å². The molecular formula is C15H10F4N2OS. The molecule has 8 heteroatoms. The Hall–Kier alpha value is -2.35. The molecule has 0 aliphatic rings. The first-order valence-electron chi connectivity index (χ1n) is 6.53. The number of phenols is 1. The van der Waals surface area contributed by atoms with Gasteiger partial charge in [0.1, 0.15) is 0 Å². The lowest BCUT2D eigenvalue weighted by molar-refractivity contribution is -0.137. The maximum atomic E-state index is 13.1. The van der Waals surface area contributed by atoms with E-state index < -0.39 is 23.3 Å². The van der Waals surface area contributed by atoms with Gasteiger partial charge in [0.25, 0.3) is 0 Å². The highest BCUT2D eigenvalue weighted by molar-refractivity contribution is 7.71. The molecule has 3 aromatic rings. The van der Waals surface area contributed by atoms with E-state index in [4.69, 9.17) is 12.2 Å². The Kier molecular flexibility index (Phi) is 3.63. The number of phenolic OH excluding ortho intramolecular Hbond substituents is 1. The van der Waals surface area contributed by atoms with Gasteiger partial charge < -0.3 is 14.7 Å². The second-order valence-corrected chi connectivity index (χ2v) is 5.42. The van der Waals surface area contributed by atoms with Gasteiger partial charge in [0.05, 0.1) is 23.1 Å². The van der Waals surface area contributed by atoms with E-state index in [1.807, 2.05) is 0 Å². The number of hydrogen-bond donors (Lipinski definition) is 2. The Morgan fingerprint density at radius 3 is 2.52 bits per heavy atom. The first kappa shape index (κ1) is 15.5. The van der Waals surface area contributed by atoms with Crippen LogP contribution in [0.15, 0.2) is 36.4 Å². The molecule has 0 aliphatic carbocycles. The maximum Gasteiger partial charge on any atom is 0.416 e. The molecule has 3 nitrogen and oxygen atoms in total. The second kappa shape index (κ2) is 5.38. The number of aromatic nitrogens is 2. The lowest BCUT2D eigenvalue weighted by atomic mass is 10.1. The minimum absolute atomic E-state index is 0.105. The van der Waals surface area contributed by atoms with Crippen LogP contribution in [0.1, 0.15) is 11.1 Å². The van der Waals surface area contributed by atoms with E-state index in [0.29, 0.717) is 11.1 Å². The van der Waals surface area contributed by atoms with Crippen LogP contribution < -0.4 is 0 Å². The van der Waals surface area contributed by atoms with Crippen molar-refractivity contribution in [1.82, 2.24) is 9.55 Å². The fraction of sp³-hybridized carbons (Fsp3) is 0.133. The van der Waals surface area contributed by atoms with Gasteiger partial charge in [0, 0.05) is 0 Å². The molecule has 120 valence electrons. The number of H-pyrrole nitrogens is 1. The third-order valence-electron chi connectivity index (χ3n) is 3.45. The summed E-state index contributed by atoms with van der Waals surface area (Å²) in [7, 11) is 0. The normalized spacial score (nSPS) is 12.0. The standard InChI is InChI=1S/C15H10F4N2OS/c16-10-3-1-8(5-13(10)22)7-21-12-6-9(15(17,18)19)2-4-11(12)20-14(21)23/h1-6,22H,7H2,(H,20,23). The summed E-state index contributed by atoms with van der Waals surface area (Å²) < 4.78 is 53.4. The van der Waals surface area contributed by atoms with Crippen LogP contribution in [0.4, 0.5) is 17.6 Å². The van der Waals surface area contributed by atoms with Gasteiger partial charge >= 0.3 is 6.18 Å². The SMILES string of the molecule is Oc1cc(Cn2c(=S)[nH]c3ccc(C(F)(F)F)cc32)ccc1F. The zero-order valence-electron chi connectivity index (χ0n) is 11.5. The molecule has 0 unspecified atom stereocenters. The number of nitrogens with one attached hydrogen (secondary N) is 1. The molecule has 3 rings (SSSR count). The third-order valence-corrected chi connectivity index (χ3v) is 3.78. The number of hydrogen-bond acceptors (Lipinski definition) is 2. The molecule has 2 aromatic carbocycles. The molecular weight excluding hydrogens is 332 g/mol. The summed E-state index contributed by atoms with van der Waals surface area (Å²) in [6, 6.07) is 7.02. The van der Waals surface area contributed by atoms with Crippen molar-refractivity contribution in [2.75, 3.05) is 0 Å². The smallest absolute Gasteiger partial charge is 0.416 e. The number of aromatic amines is 1. The maximum absolute atomic E-state index is 13.1. The molecule has 0 aliphatic heterocycles. The number of rotatable bonds is 2. The first-order chi connectivity index (χ1) is 10.8. The minimum Gasteiger partial charge on any atom is -0.505 e. The minimum atomic E-state index is -4.46. The Balaban J connectivity index is 2.10. The van der Waals surface area contributed by atoms with Crippen molar-refractivity contribution in [3.8, 4) is 5.75 Å². The van der Waals surface area contributed by atoms with Gasteiger partial charge in [-0.15, -0.1) is 0 Å². The lowest BCUT2D eigenvalue weighted by Crippen LogP contribution is -2.05. The average Bonchev–Trinajstić information content (AvgIpc) is 2.77. The molecule has 0 spiro atoms. The van der Waals surface area contributed by atoms with E-state index in [0.717, 1.165) is 18.2 Å². The predicted octanol–water partition coefficient (Wildman–Crippen LogP) is 4.61. The van der Waals surface area contributed by atoms with E-state index in [1.54, 1.807) is 0 Å². The predicted molar refractivity (Wildman–Crippen MR) is 79.3 cm³/mol. The van der Waals surface area contributed by atoms with Gasteiger partial charge in [-0.05, 0) is 48.1 Å². The summed E-state index contributed by atoms with van der Waals surface area (Å²) in [6.45, 7) is 0.105. The van der Waals surface area contributed by atoms with Gasteiger partial charge in [-0.1, -0.05) is 6.07 Å². The van der Waals surface area contributed by atoms with Gasteiger partial charge in [-0.3, -0.25) is 0 Å². The highest BCUT2D eigenvalue weighted by Crippen LogP contribution is 2.31. The van der Waals surface area contributed by atoms with Crippen molar-refractivity contribution >= 4 is 23.3 Å². The molecule has 0 saturated carbocycles. The van der Waals surface area contributed by atoms with Crippen molar-refractivity contribution in [1.29, 1.82) is 0 Å². The van der Waals surface area contributed by atoms with Crippen molar-refractivity contribution < 1.29 is 22.7 Å². The summed E-state index contributed by atoms with van der Waals surface area (Å²) in [4.78, 5) is 2.83. The second-order valence-electron chi connectivity index (χ2n) is 5.03. The summed E-state index contributed by atoms with van der Waals surface area (Å²) in [5.41, 5.74) is 0.482. The van der Waals surface area contributed by atoms with Crippen LogP contribution in [-0.2, 0) is 12.7 Å². The van der Waals surface area contributed by atoms with E-state index in [1.165, 1.54) is 22.8 Å². The Morgan fingerprint density at radius 2 is 1.87 bits per heavy atom. The zero-order chi connectivity index (χ0) is 16.8. The molecule has 0 saturated heterocycles. The number of fused-ring (bicyclic) bond motifs is 1. The molecule has 0 radical (unpaired) electrons. The average molecular weight is 342 g/mol. The Labute approximate surface area is 132 Å². The largest absolute Gasteiger partial charge is 0.505 e. The zero-order valence-corrected chi connectivity index (χ0v) is 12.3. The molecule has 0 amide bonds. The summed E-state index contributed by atoms with van der Waals surface area (Å²) in [5.74, 6) is -1.29. The van der Waals surface area contributed by atoms with Crippen LogP contribution in [0.2, 0.25) is 0 Å². The Morgan fingerprint density at radius 1 is 1.13 bits per heavy atom. The van der Waals surface area contributed by atoms with Crippen molar-refractivity contribution in [2.24, 2.45) is 0 Å². The molecule has 23 heavy (non-hydrogen) atoms.